The predicted molar refractivity (Wildman–Crippen MR) is 142 cm³/mol. The van der Waals surface area contributed by atoms with Crippen LogP contribution >= 0.6 is 34.8 Å². The van der Waals surface area contributed by atoms with Crippen LogP contribution in [0.2, 0.25) is 0 Å². The third-order valence-corrected chi connectivity index (χ3v) is 7.79. The van der Waals surface area contributed by atoms with E-state index in [-0.39, 0.29) is 12.1 Å². The molecule has 0 saturated carbocycles. The molecule has 0 radical (unpaired) electrons. The molecule has 1 fully saturated rings. The van der Waals surface area contributed by atoms with Gasteiger partial charge in [0.2, 0.25) is 10.0 Å². The van der Waals surface area contributed by atoms with Gasteiger partial charge in [0.25, 0.3) is 0 Å². The van der Waals surface area contributed by atoms with E-state index in [0.29, 0.717) is 16.5 Å². The first kappa shape index (κ1) is 23.8. The Bertz CT molecular complexity index is 1310. The Morgan fingerprint density at radius 1 is 1.21 bits per heavy atom. The highest BCUT2D eigenvalue weighted by molar-refractivity contribution is 14.1. The Morgan fingerprint density at radius 2 is 1.97 bits per heavy atom. The van der Waals surface area contributed by atoms with E-state index in [0.717, 1.165) is 38.2 Å². The molecule has 11 heteroatoms. The van der Waals surface area contributed by atoms with Gasteiger partial charge in [-0.1, -0.05) is 6.07 Å². The number of halogens is 1. The zero-order chi connectivity index (χ0) is 23.9. The van der Waals surface area contributed by atoms with Crippen LogP contribution in [-0.2, 0) is 10.0 Å². The number of sulfonamides is 1. The Balaban J connectivity index is 1.89. The first-order chi connectivity index (χ1) is 15.6. The van der Waals surface area contributed by atoms with Crippen molar-refractivity contribution >= 4 is 61.3 Å². The molecule has 0 unspecified atom stereocenters. The zero-order valence-electron chi connectivity index (χ0n) is 18.5. The van der Waals surface area contributed by atoms with Gasteiger partial charge in [-0.3, -0.25) is 9.71 Å². The van der Waals surface area contributed by atoms with E-state index in [2.05, 4.69) is 42.6 Å². The molecule has 33 heavy (non-hydrogen) atoms. The van der Waals surface area contributed by atoms with E-state index >= 15 is 0 Å². The number of thiocarbonyl (C=S) groups is 1. The largest absolute Gasteiger partial charge is 0.495 e. The fraction of sp³-hybridized carbons (Fsp3) is 0.273. The lowest BCUT2D eigenvalue weighted by molar-refractivity contribution is 0.417. The molecule has 0 amide bonds. The van der Waals surface area contributed by atoms with Gasteiger partial charge < -0.3 is 19.9 Å². The molecule has 0 spiro atoms. The molecular formula is C22H24IN5O3S2. The monoisotopic (exact) mass is 597 g/mol. The number of aromatic nitrogens is 2. The van der Waals surface area contributed by atoms with Crippen molar-refractivity contribution in [2.75, 3.05) is 23.0 Å². The topological polar surface area (TPSA) is 99.3 Å². The van der Waals surface area contributed by atoms with Gasteiger partial charge in [0.15, 0.2) is 5.11 Å². The third-order valence-electron chi connectivity index (χ3n) is 5.50. The normalized spacial score (nSPS) is 18.3. The number of anilines is 2. The van der Waals surface area contributed by atoms with E-state index in [4.69, 9.17) is 17.0 Å². The van der Waals surface area contributed by atoms with Gasteiger partial charge in [-0.15, -0.1) is 0 Å². The first-order valence-corrected chi connectivity index (χ1v) is 13.5. The summed E-state index contributed by atoms with van der Waals surface area (Å²) in [6, 6.07) is 10.7. The second-order valence-corrected chi connectivity index (χ2v) is 11.1. The number of nitrogens with zero attached hydrogens (tertiary/aromatic N) is 2. The van der Waals surface area contributed by atoms with E-state index in [1.165, 1.54) is 7.11 Å². The maximum atomic E-state index is 11.9. The van der Waals surface area contributed by atoms with E-state index in [1.54, 1.807) is 18.3 Å². The summed E-state index contributed by atoms with van der Waals surface area (Å²) >= 11 is 8.14. The lowest BCUT2D eigenvalue weighted by Gasteiger charge is -2.29. The van der Waals surface area contributed by atoms with Crippen molar-refractivity contribution in [2.24, 2.45) is 0 Å². The van der Waals surface area contributed by atoms with E-state index in [9.17, 15) is 8.42 Å². The van der Waals surface area contributed by atoms with Crippen LogP contribution in [0.4, 0.5) is 11.4 Å². The minimum Gasteiger partial charge on any atom is -0.495 e. The molecule has 2 atom stereocenters. The number of rotatable bonds is 6. The number of pyridine rings is 1. The van der Waals surface area contributed by atoms with Crippen LogP contribution in [0, 0.1) is 17.4 Å². The fourth-order valence-electron chi connectivity index (χ4n) is 4.17. The van der Waals surface area contributed by atoms with Gasteiger partial charge in [0.1, 0.15) is 5.75 Å². The molecule has 2 aromatic heterocycles. The summed E-state index contributed by atoms with van der Waals surface area (Å²) in [5.74, 6) is 0.420. The number of hydrogen-bond acceptors (Lipinski definition) is 5. The second-order valence-electron chi connectivity index (χ2n) is 7.86. The number of hydrogen-bond donors (Lipinski definition) is 3. The van der Waals surface area contributed by atoms with Gasteiger partial charge in [0, 0.05) is 32.4 Å². The highest BCUT2D eigenvalue weighted by atomic mass is 127. The van der Waals surface area contributed by atoms with Gasteiger partial charge in [-0.25, -0.2) is 8.42 Å². The Labute approximate surface area is 212 Å². The fourth-order valence-corrected chi connectivity index (χ4v) is 5.94. The van der Waals surface area contributed by atoms with Crippen molar-refractivity contribution in [2.45, 2.75) is 25.9 Å². The SMILES string of the molecule is COc1ccc(N2C(=S)N[C@H](c3ccccn3)[C@@H]2c2c(C)[nH]c(C)c2I)cc1NS(C)(=O)=O. The third kappa shape index (κ3) is 4.66. The molecule has 1 saturated heterocycles. The standard InChI is InChI=1S/C22H24IN5O3S2/c1-12-18(19(23)13(2)25-12)21-20(15-7-5-6-10-24-15)26-22(32)28(21)14-8-9-17(31-3)16(11-14)27-33(4,29)30/h5-11,20-21,25,27H,1-4H3,(H,26,32)/t20-,21+/m1/s1. The molecule has 3 N–H and O–H groups in total. The van der Waals surface area contributed by atoms with Gasteiger partial charge in [-0.2, -0.15) is 0 Å². The summed E-state index contributed by atoms with van der Waals surface area (Å²) < 4.78 is 32.9. The summed E-state index contributed by atoms with van der Waals surface area (Å²) in [6.07, 6.45) is 2.87. The molecule has 8 nitrogen and oxygen atoms in total. The van der Waals surface area contributed by atoms with Gasteiger partial charge >= 0.3 is 0 Å². The summed E-state index contributed by atoms with van der Waals surface area (Å²) in [4.78, 5) is 10.0. The van der Waals surface area contributed by atoms with Crippen LogP contribution < -0.4 is 19.7 Å². The maximum Gasteiger partial charge on any atom is 0.229 e. The molecule has 0 bridgehead atoms. The number of ether oxygens (including phenoxy) is 1. The summed E-state index contributed by atoms with van der Waals surface area (Å²) in [5.41, 5.74) is 5.18. The van der Waals surface area contributed by atoms with E-state index in [1.807, 2.05) is 43.0 Å². The highest BCUT2D eigenvalue weighted by Crippen LogP contribution is 2.45. The average molecular weight is 598 g/mol. The van der Waals surface area contributed by atoms with Crippen LogP contribution in [0.1, 0.15) is 34.7 Å². The van der Waals surface area contributed by atoms with Gasteiger partial charge in [-0.05, 0) is 79.0 Å². The number of nitrogens with one attached hydrogen (secondary N) is 3. The Hall–Kier alpha value is -2.38. The molecule has 4 rings (SSSR count). The zero-order valence-corrected chi connectivity index (χ0v) is 22.3. The molecular weight excluding hydrogens is 573 g/mol. The highest BCUT2D eigenvalue weighted by Gasteiger charge is 2.43. The Morgan fingerprint density at radius 3 is 2.55 bits per heavy atom. The van der Waals surface area contributed by atoms with Crippen LogP contribution in [-0.4, -0.2) is 36.9 Å². The number of aromatic amines is 1. The van der Waals surface area contributed by atoms with Crippen LogP contribution in [0.3, 0.4) is 0 Å². The average Bonchev–Trinajstić information content (AvgIpc) is 3.22. The lowest BCUT2D eigenvalue weighted by Crippen LogP contribution is -2.30. The summed E-state index contributed by atoms with van der Waals surface area (Å²) in [5, 5.41) is 3.96. The molecule has 1 aliphatic heterocycles. The van der Waals surface area contributed by atoms with Gasteiger partial charge in [0.05, 0.1) is 36.8 Å². The minimum atomic E-state index is -3.51. The van der Waals surface area contributed by atoms with Crippen LogP contribution in [0.15, 0.2) is 42.6 Å². The van der Waals surface area contributed by atoms with Crippen molar-refractivity contribution < 1.29 is 13.2 Å². The van der Waals surface area contributed by atoms with E-state index < -0.39 is 10.0 Å². The first-order valence-electron chi connectivity index (χ1n) is 10.1. The molecule has 174 valence electrons. The van der Waals surface area contributed by atoms with Crippen LogP contribution in [0.25, 0.3) is 0 Å². The smallest absolute Gasteiger partial charge is 0.229 e. The number of H-pyrrole nitrogens is 1. The molecule has 1 aliphatic rings. The molecule has 3 heterocycles. The van der Waals surface area contributed by atoms with Crippen molar-refractivity contribution in [1.82, 2.24) is 15.3 Å². The van der Waals surface area contributed by atoms with Crippen molar-refractivity contribution in [3.8, 4) is 5.75 Å². The molecule has 3 aromatic rings. The van der Waals surface area contributed by atoms with Crippen LogP contribution in [0.5, 0.6) is 5.75 Å². The Kier molecular flexibility index (Phi) is 6.56. The molecule has 1 aromatic carbocycles. The minimum absolute atomic E-state index is 0.200. The number of aryl methyl sites for hydroxylation is 2. The molecule has 0 aliphatic carbocycles. The maximum absolute atomic E-state index is 11.9. The number of benzene rings is 1. The summed E-state index contributed by atoms with van der Waals surface area (Å²) in [7, 11) is -2.01. The predicted octanol–water partition coefficient (Wildman–Crippen LogP) is 4.19. The summed E-state index contributed by atoms with van der Waals surface area (Å²) in [6.45, 7) is 4.09. The second kappa shape index (κ2) is 9.11. The van der Waals surface area contributed by atoms with Crippen molar-refractivity contribution in [1.29, 1.82) is 0 Å². The number of methoxy groups -OCH3 is 1. The lowest BCUT2D eigenvalue weighted by atomic mass is 9.96. The van der Waals surface area contributed by atoms with Crippen molar-refractivity contribution in [3.63, 3.8) is 0 Å². The van der Waals surface area contributed by atoms with Crippen molar-refractivity contribution in [3.05, 3.63) is 68.8 Å². The quantitative estimate of drug-likeness (QED) is 0.290.